The Morgan fingerprint density at radius 1 is 1.56 bits per heavy atom. The van der Waals surface area contributed by atoms with Gasteiger partial charge in [-0.1, -0.05) is 6.42 Å². The molecule has 0 aromatic carbocycles. The van der Waals surface area contributed by atoms with Gasteiger partial charge < -0.3 is 10.2 Å². The topological polar surface area (TPSA) is 40.5 Å². The Bertz CT molecular complexity index is 95.1. The van der Waals surface area contributed by atoms with E-state index in [2.05, 4.69) is 0 Å². The van der Waals surface area contributed by atoms with Crippen molar-refractivity contribution in [3.05, 3.63) is 0 Å². The van der Waals surface area contributed by atoms with Gasteiger partial charge in [0.25, 0.3) is 0 Å². The van der Waals surface area contributed by atoms with Gasteiger partial charge in [0.1, 0.15) is 0 Å². The number of aliphatic hydroxyl groups is 2. The SMILES string of the molecule is CC(O)(CO)C1CCC1. The van der Waals surface area contributed by atoms with Crippen LogP contribution in [0.25, 0.3) is 0 Å². The Hall–Kier alpha value is -0.0800. The van der Waals surface area contributed by atoms with Crippen molar-refractivity contribution in [3.63, 3.8) is 0 Å². The summed E-state index contributed by atoms with van der Waals surface area (Å²) in [5, 5.41) is 18.1. The monoisotopic (exact) mass is 130 g/mol. The standard InChI is InChI=1S/C7H14O2/c1-7(9,5-8)6-3-2-4-6/h6,8-9H,2-5H2,1H3. The molecule has 1 saturated carbocycles. The first-order valence-corrected chi connectivity index (χ1v) is 3.50. The zero-order valence-electron chi connectivity index (χ0n) is 5.80. The lowest BCUT2D eigenvalue weighted by molar-refractivity contribution is -0.0721. The molecule has 1 fully saturated rings. The third-order valence-electron chi connectivity index (χ3n) is 2.30. The van der Waals surface area contributed by atoms with E-state index in [1.807, 2.05) is 0 Å². The lowest BCUT2D eigenvalue weighted by Crippen LogP contribution is -2.41. The van der Waals surface area contributed by atoms with Crippen LogP contribution in [0.4, 0.5) is 0 Å². The van der Waals surface area contributed by atoms with Crippen molar-refractivity contribution in [2.75, 3.05) is 6.61 Å². The largest absolute Gasteiger partial charge is 0.393 e. The van der Waals surface area contributed by atoms with Gasteiger partial charge in [0.05, 0.1) is 12.2 Å². The molecule has 1 rings (SSSR count). The van der Waals surface area contributed by atoms with Crippen molar-refractivity contribution in [2.24, 2.45) is 5.92 Å². The molecule has 0 aliphatic heterocycles. The average Bonchev–Trinajstić information content (AvgIpc) is 1.60. The Morgan fingerprint density at radius 2 is 2.11 bits per heavy atom. The van der Waals surface area contributed by atoms with Gasteiger partial charge in [0.2, 0.25) is 0 Å². The summed E-state index contributed by atoms with van der Waals surface area (Å²) in [5.41, 5.74) is -0.807. The smallest absolute Gasteiger partial charge is 0.0877 e. The summed E-state index contributed by atoms with van der Waals surface area (Å²) in [5.74, 6) is 0.350. The van der Waals surface area contributed by atoms with Gasteiger partial charge in [-0.3, -0.25) is 0 Å². The first kappa shape index (κ1) is 7.03. The van der Waals surface area contributed by atoms with Gasteiger partial charge in [-0.25, -0.2) is 0 Å². The minimum Gasteiger partial charge on any atom is -0.393 e. The molecule has 0 heterocycles. The van der Waals surface area contributed by atoms with Gasteiger partial charge in [-0.15, -0.1) is 0 Å². The molecule has 2 nitrogen and oxygen atoms in total. The molecular weight excluding hydrogens is 116 g/mol. The summed E-state index contributed by atoms with van der Waals surface area (Å²) in [4.78, 5) is 0. The summed E-state index contributed by atoms with van der Waals surface area (Å²) in [6.45, 7) is 1.61. The third-order valence-corrected chi connectivity index (χ3v) is 2.30. The van der Waals surface area contributed by atoms with E-state index in [1.165, 1.54) is 6.42 Å². The Kier molecular flexibility index (Phi) is 1.78. The first-order chi connectivity index (χ1) is 4.17. The molecular formula is C7H14O2. The van der Waals surface area contributed by atoms with Crippen molar-refractivity contribution >= 4 is 0 Å². The van der Waals surface area contributed by atoms with Crippen molar-refractivity contribution in [2.45, 2.75) is 31.8 Å². The number of aliphatic hydroxyl groups excluding tert-OH is 1. The van der Waals surface area contributed by atoms with E-state index in [9.17, 15) is 5.11 Å². The lowest BCUT2D eigenvalue weighted by Gasteiger charge is -2.37. The predicted octanol–water partition coefficient (Wildman–Crippen LogP) is 0.530. The molecule has 0 aromatic rings. The van der Waals surface area contributed by atoms with Crippen LogP contribution in [0.15, 0.2) is 0 Å². The molecule has 2 heteroatoms. The second kappa shape index (κ2) is 2.27. The highest BCUT2D eigenvalue weighted by atomic mass is 16.3. The highest BCUT2D eigenvalue weighted by Crippen LogP contribution is 2.35. The fourth-order valence-corrected chi connectivity index (χ4v) is 1.16. The van der Waals surface area contributed by atoms with Crippen molar-refractivity contribution in [1.29, 1.82) is 0 Å². The minimum atomic E-state index is -0.807. The second-order valence-corrected chi connectivity index (χ2v) is 3.14. The Morgan fingerprint density at radius 3 is 2.22 bits per heavy atom. The third kappa shape index (κ3) is 1.25. The first-order valence-electron chi connectivity index (χ1n) is 3.50. The van der Waals surface area contributed by atoms with Crippen molar-refractivity contribution < 1.29 is 10.2 Å². The van der Waals surface area contributed by atoms with Crippen LogP contribution in [0.3, 0.4) is 0 Å². The summed E-state index contributed by atoms with van der Waals surface area (Å²) < 4.78 is 0. The van der Waals surface area contributed by atoms with Crippen LogP contribution in [0.5, 0.6) is 0 Å². The van der Waals surface area contributed by atoms with Crippen LogP contribution in [0.1, 0.15) is 26.2 Å². The molecule has 2 N–H and O–H groups in total. The van der Waals surface area contributed by atoms with Gasteiger partial charge in [-0.2, -0.15) is 0 Å². The van der Waals surface area contributed by atoms with Gasteiger partial charge >= 0.3 is 0 Å². The van der Waals surface area contributed by atoms with E-state index in [0.717, 1.165) is 12.8 Å². The maximum absolute atomic E-state index is 9.39. The number of rotatable bonds is 2. The van der Waals surface area contributed by atoms with Crippen LogP contribution in [-0.2, 0) is 0 Å². The quantitative estimate of drug-likeness (QED) is 0.572. The predicted molar refractivity (Wildman–Crippen MR) is 35.1 cm³/mol. The minimum absolute atomic E-state index is 0.0995. The normalized spacial score (nSPS) is 27.0. The molecule has 0 saturated heterocycles. The molecule has 0 spiro atoms. The fraction of sp³-hybridized carbons (Fsp3) is 1.00. The number of hydrogen-bond acceptors (Lipinski definition) is 2. The maximum Gasteiger partial charge on any atom is 0.0877 e. The van der Waals surface area contributed by atoms with Crippen LogP contribution in [-0.4, -0.2) is 22.4 Å². The molecule has 1 aliphatic rings. The molecule has 54 valence electrons. The molecule has 0 amide bonds. The van der Waals surface area contributed by atoms with Crippen molar-refractivity contribution in [1.82, 2.24) is 0 Å². The van der Waals surface area contributed by atoms with Crippen LogP contribution in [0.2, 0.25) is 0 Å². The maximum atomic E-state index is 9.39. The van der Waals surface area contributed by atoms with Crippen LogP contribution >= 0.6 is 0 Å². The highest BCUT2D eigenvalue weighted by Gasteiger charge is 2.35. The van der Waals surface area contributed by atoms with Gasteiger partial charge in [0.15, 0.2) is 0 Å². The second-order valence-electron chi connectivity index (χ2n) is 3.14. The molecule has 1 atom stereocenters. The van der Waals surface area contributed by atoms with E-state index in [0.29, 0.717) is 5.92 Å². The summed E-state index contributed by atoms with van der Waals surface area (Å²) in [6.07, 6.45) is 3.36. The Balaban J connectivity index is 2.37. The fourth-order valence-electron chi connectivity index (χ4n) is 1.16. The molecule has 1 unspecified atom stereocenters. The molecule has 0 bridgehead atoms. The molecule has 0 aromatic heterocycles. The molecule has 9 heavy (non-hydrogen) atoms. The summed E-state index contributed by atoms with van der Waals surface area (Å²) >= 11 is 0. The van der Waals surface area contributed by atoms with E-state index >= 15 is 0 Å². The van der Waals surface area contributed by atoms with Crippen molar-refractivity contribution in [3.8, 4) is 0 Å². The van der Waals surface area contributed by atoms with E-state index in [4.69, 9.17) is 5.11 Å². The van der Waals surface area contributed by atoms with Gasteiger partial charge in [0, 0.05) is 0 Å². The summed E-state index contributed by atoms with van der Waals surface area (Å²) in [6, 6.07) is 0. The molecule has 0 radical (unpaired) electrons. The Labute approximate surface area is 55.5 Å². The van der Waals surface area contributed by atoms with E-state index in [-0.39, 0.29) is 6.61 Å². The lowest BCUT2D eigenvalue weighted by atomic mass is 9.74. The van der Waals surface area contributed by atoms with Gasteiger partial charge in [-0.05, 0) is 25.7 Å². The summed E-state index contributed by atoms with van der Waals surface area (Å²) in [7, 11) is 0. The zero-order valence-corrected chi connectivity index (χ0v) is 5.80. The van der Waals surface area contributed by atoms with Crippen LogP contribution < -0.4 is 0 Å². The zero-order chi connectivity index (χ0) is 6.91. The van der Waals surface area contributed by atoms with Crippen LogP contribution in [0, 0.1) is 5.92 Å². The number of hydrogen-bond donors (Lipinski definition) is 2. The average molecular weight is 130 g/mol. The van der Waals surface area contributed by atoms with E-state index < -0.39 is 5.60 Å². The van der Waals surface area contributed by atoms with E-state index in [1.54, 1.807) is 6.92 Å². The molecule has 1 aliphatic carbocycles. The highest BCUT2D eigenvalue weighted by molar-refractivity contribution is 4.86.